The average Bonchev–Trinajstić information content (AvgIpc) is 2.68. The molecule has 0 aliphatic carbocycles. The molecule has 18 heavy (non-hydrogen) atoms. The van der Waals surface area contributed by atoms with Crippen molar-refractivity contribution in [2.45, 2.75) is 46.2 Å². The zero-order chi connectivity index (χ0) is 13.3. The normalized spacial score (nSPS) is 14.1. The number of imidazole rings is 1. The third-order valence-corrected chi connectivity index (χ3v) is 3.16. The van der Waals surface area contributed by atoms with Gasteiger partial charge in [0.1, 0.15) is 5.82 Å². The highest BCUT2D eigenvalue weighted by molar-refractivity contribution is 5.76. The van der Waals surface area contributed by atoms with Crippen molar-refractivity contribution < 1.29 is 0 Å². The first kappa shape index (κ1) is 13.1. The molecule has 1 aromatic heterocycles. The van der Waals surface area contributed by atoms with Gasteiger partial charge in [0.2, 0.25) is 0 Å². The molecule has 2 rings (SSSR count). The molecule has 0 spiro atoms. The summed E-state index contributed by atoms with van der Waals surface area (Å²) in [6, 6.07) is 8.62. The molecule has 0 amide bonds. The quantitative estimate of drug-likeness (QED) is 0.897. The minimum Gasteiger partial charge on any atom is -0.321 e. The number of nitrogens with zero attached hydrogens (tertiary/aromatic N) is 2. The van der Waals surface area contributed by atoms with Gasteiger partial charge in [-0.05, 0) is 46.4 Å². The average molecular weight is 245 g/mol. The Bertz CT molecular complexity index is 534. The third-order valence-electron chi connectivity index (χ3n) is 3.16. The highest BCUT2D eigenvalue weighted by atomic mass is 15.2. The Hall–Kier alpha value is -1.35. The predicted octanol–water partition coefficient (Wildman–Crippen LogP) is 3.46. The molecule has 0 saturated heterocycles. The molecule has 1 atom stereocenters. The fraction of sp³-hybridized carbons (Fsp3) is 0.533. The summed E-state index contributed by atoms with van der Waals surface area (Å²) in [5.41, 5.74) is 2.33. The first-order valence-corrected chi connectivity index (χ1v) is 6.66. The summed E-state index contributed by atoms with van der Waals surface area (Å²) in [5, 5.41) is 3.45. The Balaban J connectivity index is 2.64. The molecule has 98 valence electrons. The minimum atomic E-state index is 0.0368. The highest BCUT2D eigenvalue weighted by Gasteiger charge is 2.23. The van der Waals surface area contributed by atoms with Gasteiger partial charge in [0.15, 0.2) is 0 Å². The van der Waals surface area contributed by atoms with Crippen molar-refractivity contribution in [3.63, 3.8) is 0 Å². The van der Waals surface area contributed by atoms with Crippen LogP contribution in [-0.2, 0) is 5.54 Å². The second kappa shape index (κ2) is 4.73. The van der Waals surface area contributed by atoms with E-state index < -0.39 is 0 Å². The maximum atomic E-state index is 4.80. The van der Waals surface area contributed by atoms with Crippen molar-refractivity contribution in [2.24, 2.45) is 0 Å². The van der Waals surface area contributed by atoms with E-state index in [1.807, 2.05) is 6.07 Å². The summed E-state index contributed by atoms with van der Waals surface area (Å²) in [7, 11) is 0. The third kappa shape index (κ3) is 2.27. The van der Waals surface area contributed by atoms with E-state index >= 15 is 0 Å². The molecule has 0 fully saturated rings. The van der Waals surface area contributed by atoms with Gasteiger partial charge in [-0.25, -0.2) is 4.98 Å². The molecule has 2 aromatic rings. The maximum absolute atomic E-state index is 4.80. The standard InChI is InChI=1S/C15H23N3/c1-6-16-11(2)14-17-12-9-7-8-10-13(12)18(14)15(3,4)5/h7-11,16H,6H2,1-5H3. The van der Waals surface area contributed by atoms with Gasteiger partial charge < -0.3 is 9.88 Å². The van der Waals surface area contributed by atoms with Crippen LogP contribution in [0.15, 0.2) is 24.3 Å². The van der Waals surface area contributed by atoms with E-state index in [1.165, 1.54) is 5.52 Å². The van der Waals surface area contributed by atoms with Gasteiger partial charge in [-0.2, -0.15) is 0 Å². The Morgan fingerprint density at radius 1 is 1.28 bits per heavy atom. The fourth-order valence-corrected chi connectivity index (χ4v) is 2.44. The lowest BCUT2D eigenvalue weighted by atomic mass is 10.1. The zero-order valence-corrected chi connectivity index (χ0v) is 12.0. The van der Waals surface area contributed by atoms with Crippen LogP contribution in [0.25, 0.3) is 11.0 Å². The topological polar surface area (TPSA) is 29.9 Å². The maximum Gasteiger partial charge on any atom is 0.127 e. The van der Waals surface area contributed by atoms with Crippen molar-refractivity contribution >= 4 is 11.0 Å². The molecule has 1 unspecified atom stereocenters. The summed E-state index contributed by atoms with van der Waals surface area (Å²) in [6.07, 6.45) is 0. The smallest absolute Gasteiger partial charge is 0.127 e. The molecular formula is C15H23N3. The van der Waals surface area contributed by atoms with Crippen LogP contribution >= 0.6 is 0 Å². The van der Waals surface area contributed by atoms with Gasteiger partial charge in [0.25, 0.3) is 0 Å². The molecule has 1 aromatic carbocycles. The van der Waals surface area contributed by atoms with Crippen LogP contribution in [0, 0.1) is 0 Å². The minimum absolute atomic E-state index is 0.0368. The van der Waals surface area contributed by atoms with Crippen LogP contribution in [-0.4, -0.2) is 16.1 Å². The number of para-hydroxylation sites is 2. The Labute approximate surface area is 109 Å². The second-order valence-electron chi connectivity index (χ2n) is 5.74. The van der Waals surface area contributed by atoms with E-state index in [2.05, 4.69) is 62.7 Å². The largest absolute Gasteiger partial charge is 0.321 e. The van der Waals surface area contributed by atoms with Crippen molar-refractivity contribution in [2.75, 3.05) is 6.54 Å². The zero-order valence-electron chi connectivity index (χ0n) is 12.0. The molecule has 3 nitrogen and oxygen atoms in total. The number of fused-ring (bicyclic) bond motifs is 1. The summed E-state index contributed by atoms with van der Waals surface area (Å²) in [6.45, 7) is 11.9. The van der Waals surface area contributed by atoms with Gasteiger partial charge >= 0.3 is 0 Å². The summed E-state index contributed by atoms with van der Waals surface area (Å²) >= 11 is 0. The number of aromatic nitrogens is 2. The molecule has 0 aliphatic rings. The van der Waals surface area contributed by atoms with Crippen LogP contribution in [0.5, 0.6) is 0 Å². The summed E-state index contributed by atoms with van der Waals surface area (Å²) < 4.78 is 2.34. The monoisotopic (exact) mass is 245 g/mol. The second-order valence-corrected chi connectivity index (χ2v) is 5.74. The summed E-state index contributed by atoms with van der Waals surface area (Å²) in [4.78, 5) is 4.80. The van der Waals surface area contributed by atoms with Gasteiger partial charge in [-0.1, -0.05) is 19.1 Å². The molecule has 0 radical (unpaired) electrons. The number of nitrogens with one attached hydrogen (secondary N) is 1. The first-order valence-electron chi connectivity index (χ1n) is 6.66. The molecular weight excluding hydrogens is 222 g/mol. The number of hydrogen-bond acceptors (Lipinski definition) is 2. The lowest BCUT2D eigenvalue weighted by Gasteiger charge is -2.27. The van der Waals surface area contributed by atoms with E-state index in [9.17, 15) is 0 Å². The SMILES string of the molecule is CCNC(C)c1nc2ccccc2n1C(C)(C)C. The van der Waals surface area contributed by atoms with Crippen LogP contribution in [0.3, 0.4) is 0 Å². The number of rotatable bonds is 3. The lowest BCUT2D eigenvalue weighted by Crippen LogP contribution is -2.29. The van der Waals surface area contributed by atoms with Crippen molar-refractivity contribution in [1.29, 1.82) is 0 Å². The van der Waals surface area contributed by atoms with Crippen molar-refractivity contribution in [1.82, 2.24) is 14.9 Å². The van der Waals surface area contributed by atoms with E-state index in [4.69, 9.17) is 4.98 Å². The van der Waals surface area contributed by atoms with E-state index in [0.29, 0.717) is 0 Å². The molecule has 0 bridgehead atoms. The number of benzene rings is 1. The predicted molar refractivity (Wildman–Crippen MR) is 76.8 cm³/mol. The van der Waals surface area contributed by atoms with E-state index in [1.54, 1.807) is 0 Å². The fourth-order valence-electron chi connectivity index (χ4n) is 2.44. The van der Waals surface area contributed by atoms with Gasteiger partial charge in [-0.3, -0.25) is 0 Å². The Morgan fingerprint density at radius 3 is 2.56 bits per heavy atom. The van der Waals surface area contributed by atoms with Gasteiger partial charge in [0.05, 0.1) is 17.1 Å². The van der Waals surface area contributed by atoms with Crippen LogP contribution < -0.4 is 5.32 Å². The van der Waals surface area contributed by atoms with Crippen LogP contribution in [0.4, 0.5) is 0 Å². The number of hydrogen-bond donors (Lipinski definition) is 1. The van der Waals surface area contributed by atoms with Gasteiger partial charge in [0, 0.05) is 5.54 Å². The molecule has 0 aliphatic heterocycles. The van der Waals surface area contributed by atoms with Gasteiger partial charge in [-0.15, -0.1) is 0 Å². The molecule has 1 heterocycles. The highest BCUT2D eigenvalue weighted by Crippen LogP contribution is 2.28. The first-order chi connectivity index (χ1) is 8.45. The molecule has 0 saturated carbocycles. The molecule has 1 N–H and O–H groups in total. The lowest BCUT2D eigenvalue weighted by molar-refractivity contribution is 0.376. The van der Waals surface area contributed by atoms with E-state index in [-0.39, 0.29) is 11.6 Å². The van der Waals surface area contributed by atoms with Crippen LogP contribution in [0.2, 0.25) is 0 Å². The molecule has 3 heteroatoms. The van der Waals surface area contributed by atoms with E-state index in [0.717, 1.165) is 17.9 Å². The van der Waals surface area contributed by atoms with Crippen molar-refractivity contribution in [3.8, 4) is 0 Å². The Morgan fingerprint density at radius 2 is 1.94 bits per heavy atom. The Kier molecular flexibility index (Phi) is 3.44. The van der Waals surface area contributed by atoms with Crippen molar-refractivity contribution in [3.05, 3.63) is 30.1 Å². The van der Waals surface area contributed by atoms with Crippen LogP contribution in [0.1, 0.15) is 46.5 Å². The summed E-state index contributed by atoms with van der Waals surface area (Å²) in [5.74, 6) is 1.12.